The normalized spacial score (nSPS) is 16.0. The molecule has 0 saturated carbocycles. The van der Waals surface area contributed by atoms with Crippen LogP contribution in [0.25, 0.3) is 0 Å². The third-order valence-corrected chi connectivity index (χ3v) is 5.04. The Morgan fingerprint density at radius 2 is 1.42 bits per heavy atom. The molecule has 8 heteroatoms. The molecule has 2 aliphatic rings. The molecule has 1 N–H and O–H groups in total. The quantitative estimate of drug-likeness (QED) is 0.772. The molecule has 4 rings (SSSR count). The highest BCUT2D eigenvalue weighted by atomic mass is 16.6. The topological polar surface area (TPSA) is 82.2 Å². The highest BCUT2D eigenvalue weighted by Crippen LogP contribution is 2.16. The molecule has 0 unspecified atom stereocenters. The number of carbonyl (C=O) groups excluding carboxylic acids is 3. The van der Waals surface area contributed by atoms with E-state index in [1.54, 1.807) is 4.90 Å². The fraction of sp³-hybridized carbons (Fsp3) is 0.400. The third kappa shape index (κ3) is 7.61. The lowest BCUT2D eigenvalue weighted by atomic mass is 10.2. The van der Waals surface area contributed by atoms with Crippen LogP contribution < -0.4 is 5.32 Å². The van der Waals surface area contributed by atoms with Gasteiger partial charge >= 0.3 is 6.09 Å². The Bertz CT molecular complexity index is 944. The molecule has 2 aromatic carbocycles. The number of amides is 3. The molecule has 0 aromatic heterocycles. The molecule has 0 atom stereocenters. The Hall–Kier alpha value is -3.39. The minimum atomic E-state index is -0.549. The van der Waals surface area contributed by atoms with E-state index in [1.165, 1.54) is 10.5 Å². The van der Waals surface area contributed by atoms with Crippen molar-refractivity contribution < 1.29 is 19.1 Å². The molecule has 2 heterocycles. The maximum Gasteiger partial charge on any atom is 0.412 e. The molecular formula is C25H32N4O4. The van der Waals surface area contributed by atoms with Gasteiger partial charge in [-0.25, -0.2) is 4.79 Å². The van der Waals surface area contributed by atoms with Gasteiger partial charge in [0, 0.05) is 13.1 Å². The molecule has 0 bridgehead atoms. The number of rotatable bonds is 4. The Morgan fingerprint density at radius 3 is 1.91 bits per heavy atom. The fourth-order valence-electron chi connectivity index (χ4n) is 3.43. The van der Waals surface area contributed by atoms with Crippen molar-refractivity contribution >= 4 is 17.9 Å². The van der Waals surface area contributed by atoms with Gasteiger partial charge in [0.2, 0.25) is 11.8 Å². The van der Waals surface area contributed by atoms with Gasteiger partial charge in [-0.3, -0.25) is 19.8 Å². The van der Waals surface area contributed by atoms with E-state index >= 15 is 0 Å². The summed E-state index contributed by atoms with van der Waals surface area (Å²) in [6, 6.07) is 19.7. The minimum absolute atomic E-state index is 0.0558. The van der Waals surface area contributed by atoms with Crippen molar-refractivity contribution in [2.75, 3.05) is 26.4 Å². The van der Waals surface area contributed by atoms with Crippen molar-refractivity contribution in [2.24, 2.45) is 0 Å². The summed E-state index contributed by atoms with van der Waals surface area (Å²) >= 11 is 0. The fourth-order valence-corrected chi connectivity index (χ4v) is 3.43. The van der Waals surface area contributed by atoms with E-state index < -0.39 is 11.7 Å². The van der Waals surface area contributed by atoms with Crippen molar-refractivity contribution in [2.45, 2.75) is 39.5 Å². The largest absolute Gasteiger partial charge is 0.444 e. The van der Waals surface area contributed by atoms with Crippen molar-refractivity contribution in [3.63, 3.8) is 0 Å². The molecule has 0 aliphatic carbocycles. The Kier molecular flexibility index (Phi) is 8.06. The Morgan fingerprint density at radius 1 is 0.879 bits per heavy atom. The van der Waals surface area contributed by atoms with E-state index in [4.69, 9.17) is 4.74 Å². The van der Waals surface area contributed by atoms with Gasteiger partial charge in [-0.15, -0.1) is 0 Å². The predicted molar refractivity (Wildman–Crippen MR) is 125 cm³/mol. The summed E-state index contributed by atoms with van der Waals surface area (Å²) in [6.07, 6.45) is -0.443. The number of hydrogen-bond acceptors (Lipinski definition) is 5. The van der Waals surface area contributed by atoms with Gasteiger partial charge in [0.15, 0.2) is 0 Å². The first kappa shape index (κ1) is 24.3. The maximum atomic E-state index is 11.9. The lowest BCUT2D eigenvalue weighted by Gasteiger charge is -2.24. The van der Waals surface area contributed by atoms with Crippen LogP contribution in [0.1, 0.15) is 31.9 Å². The van der Waals surface area contributed by atoms with Crippen LogP contribution in [0.3, 0.4) is 0 Å². The molecular weight excluding hydrogens is 420 g/mol. The van der Waals surface area contributed by atoms with Crippen LogP contribution in [0, 0.1) is 0 Å². The number of ether oxygens (including phenoxy) is 1. The van der Waals surface area contributed by atoms with Gasteiger partial charge in [-0.1, -0.05) is 60.7 Å². The van der Waals surface area contributed by atoms with Crippen LogP contribution in [0.2, 0.25) is 0 Å². The van der Waals surface area contributed by atoms with Gasteiger partial charge in [-0.2, -0.15) is 0 Å². The smallest absolute Gasteiger partial charge is 0.412 e. The monoisotopic (exact) mass is 452 g/mol. The summed E-state index contributed by atoms with van der Waals surface area (Å²) in [4.78, 5) is 40.0. The molecule has 176 valence electrons. The van der Waals surface area contributed by atoms with E-state index in [0.717, 1.165) is 5.56 Å². The van der Waals surface area contributed by atoms with Crippen LogP contribution in [-0.2, 0) is 27.4 Å². The SMILES string of the molecule is CC(C)(C)OC(=O)N1CC(=O)N(Cc2ccccc2)C1.O=C1CNCN1Cc1ccccc1. The number of carbonyl (C=O) groups is 3. The zero-order chi connectivity index (χ0) is 23.8. The first-order valence-electron chi connectivity index (χ1n) is 11.0. The van der Waals surface area contributed by atoms with E-state index in [-0.39, 0.29) is 25.0 Å². The van der Waals surface area contributed by atoms with Crippen LogP contribution >= 0.6 is 0 Å². The molecule has 2 aromatic rings. The minimum Gasteiger partial charge on any atom is -0.444 e. The van der Waals surface area contributed by atoms with Crippen molar-refractivity contribution in [1.82, 2.24) is 20.0 Å². The summed E-state index contributed by atoms with van der Waals surface area (Å²) in [5.74, 6) is 0.128. The zero-order valence-electron chi connectivity index (χ0n) is 19.5. The van der Waals surface area contributed by atoms with Crippen LogP contribution in [0.5, 0.6) is 0 Å². The van der Waals surface area contributed by atoms with Gasteiger partial charge in [0.1, 0.15) is 12.1 Å². The van der Waals surface area contributed by atoms with Gasteiger partial charge < -0.3 is 14.5 Å². The predicted octanol–water partition coefficient (Wildman–Crippen LogP) is 2.80. The molecule has 0 spiro atoms. The molecule has 0 radical (unpaired) electrons. The van der Waals surface area contributed by atoms with Crippen molar-refractivity contribution in [1.29, 1.82) is 0 Å². The highest BCUT2D eigenvalue weighted by molar-refractivity contribution is 5.85. The lowest BCUT2D eigenvalue weighted by Crippen LogP contribution is -2.36. The van der Waals surface area contributed by atoms with Crippen LogP contribution in [-0.4, -0.2) is 64.6 Å². The van der Waals surface area contributed by atoms with Crippen molar-refractivity contribution in [3.05, 3.63) is 71.8 Å². The third-order valence-electron chi connectivity index (χ3n) is 5.04. The summed E-state index contributed by atoms with van der Waals surface area (Å²) in [6.45, 7) is 8.18. The second-order valence-corrected chi connectivity index (χ2v) is 9.06. The van der Waals surface area contributed by atoms with E-state index in [0.29, 0.717) is 26.3 Å². The van der Waals surface area contributed by atoms with E-state index in [1.807, 2.05) is 86.3 Å². The molecule has 33 heavy (non-hydrogen) atoms. The average molecular weight is 453 g/mol. The highest BCUT2D eigenvalue weighted by Gasteiger charge is 2.33. The van der Waals surface area contributed by atoms with E-state index in [2.05, 4.69) is 5.32 Å². The van der Waals surface area contributed by atoms with Crippen LogP contribution in [0.15, 0.2) is 60.7 Å². The lowest BCUT2D eigenvalue weighted by molar-refractivity contribution is -0.127. The second-order valence-electron chi connectivity index (χ2n) is 9.06. The molecule has 2 fully saturated rings. The number of benzene rings is 2. The Labute approximate surface area is 195 Å². The summed E-state index contributed by atoms with van der Waals surface area (Å²) in [5, 5.41) is 3.02. The summed E-state index contributed by atoms with van der Waals surface area (Å²) in [5.41, 5.74) is 1.68. The van der Waals surface area contributed by atoms with Gasteiger partial charge in [0.25, 0.3) is 0 Å². The number of nitrogens with zero attached hydrogens (tertiary/aromatic N) is 3. The maximum absolute atomic E-state index is 11.9. The molecule has 8 nitrogen and oxygen atoms in total. The molecule has 3 amide bonds. The molecule has 2 aliphatic heterocycles. The van der Waals surface area contributed by atoms with Gasteiger partial charge in [-0.05, 0) is 31.9 Å². The standard InChI is InChI=1S/C15H20N2O3.C10H12N2O/c1-15(2,3)20-14(19)17-10-13(18)16(11-17)9-12-7-5-4-6-8-12;13-10-6-11-8-12(10)7-9-4-2-1-3-5-9/h4-8H,9-11H2,1-3H3;1-5,11H,6-8H2. The zero-order valence-corrected chi connectivity index (χ0v) is 19.5. The number of nitrogens with one attached hydrogen (secondary N) is 1. The van der Waals surface area contributed by atoms with Crippen LogP contribution in [0.4, 0.5) is 4.79 Å². The first-order chi connectivity index (χ1) is 15.7. The first-order valence-corrected chi connectivity index (χ1v) is 11.0. The Balaban J connectivity index is 0.000000203. The summed E-state index contributed by atoms with van der Waals surface area (Å²) in [7, 11) is 0. The van der Waals surface area contributed by atoms with E-state index in [9.17, 15) is 14.4 Å². The summed E-state index contributed by atoms with van der Waals surface area (Å²) < 4.78 is 5.28. The van der Waals surface area contributed by atoms with Gasteiger partial charge in [0.05, 0.1) is 19.9 Å². The number of hydrogen-bond donors (Lipinski definition) is 1. The second kappa shape index (κ2) is 11.0. The molecule has 2 saturated heterocycles. The van der Waals surface area contributed by atoms with Crippen molar-refractivity contribution in [3.8, 4) is 0 Å². The average Bonchev–Trinajstić information content (AvgIpc) is 3.34.